The summed E-state index contributed by atoms with van der Waals surface area (Å²) < 4.78 is 7.59. The van der Waals surface area contributed by atoms with Crippen LogP contribution in [0.25, 0.3) is 11.4 Å². The second-order valence-corrected chi connectivity index (χ2v) is 6.05. The lowest BCUT2D eigenvalue weighted by Gasteiger charge is -2.10. The van der Waals surface area contributed by atoms with Gasteiger partial charge in [0.1, 0.15) is 11.5 Å². The van der Waals surface area contributed by atoms with E-state index in [-0.39, 0.29) is 11.9 Å². The van der Waals surface area contributed by atoms with E-state index in [1.165, 1.54) is 4.68 Å². The number of hydrogen-bond donors (Lipinski definition) is 2. The molecule has 0 saturated heterocycles. The summed E-state index contributed by atoms with van der Waals surface area (Å²) in [7, 11) is 0. The van der Waals surface area contributed by atoms with Gasteiger partial charge in [0.15, 0.2) is 5.82 Å². The lowest BCUT2D eigenvalue weighted by atomic mass is 10.2. The van der Waals surface area contributed by atoms with Crippen LogP contribution in [0.15, 0.2) is 53.6 Å². The van der Waals surface area contributed by atoms with Crippen molar-refractivity contribution in [3.05, 3.63) is 58.9 Å². The van der Waals surface area contributed by atoms with Gasteiger partial charge in [-0.25, -0.2) is 5.10 Å². The van der Waals surface area contributed by atoms with E-state index in [0.717, 1.165) is 11.3 Å². The maximum atomic E-state index is 9.85. The van der Waals surface area contributed by atoms with Crippen molar-refractivity contribution in [2.24, 2.45) is 5.10 Å². The van der Waals surface area contributed by atoms with Crippen LogP contribution in [-0.4, -0.2) is 32.3 Å². The van der Waals surface area contributed by atoms with Crippen LogP contribution in [-0.2, 0) is 0 Å². The van der Waals surface area contributed by atoms with Crippen molar-refractivity contribution in [3.63, 3.8) is 0 Å². The first-order chi connectivity index (χ1) is 12.0. The van der Waals surface area contributed by atoms with Gasteiger partial charge >= 0.3 is 0 Å². The number of rotatable bonds is 5. The molecular weight excluding hydrogens is 336 g/mol. The molecule has 3 aromatic rings. The van der Waals surface area contributed by atoms with Crippen LogP contribution in [0.3, 0.4) is 0 Å². The van der Waals surface area contributed by atoms with Gasteiger partial charge in [-0.2, -0.15) is 14.9 Å². The van der Waals surface area contributed by atoms with Gasteiger partial charge in [0.05, 0.1) is 12.3 Å². The number of phenolic OH excluding ortho intramolecular Hbond substituents is 1. The molecule has 0 saturated carbocycles. The Morgan fingerprint density at radius 2 is 2.04 bits per heavy atom. The van der Waals surface area contributed by atoms with Crippen molar-refractivity contribution in [2.75, 3.05) is 0 Å². The van der Waals surface area contributed by atoms with E-state index in [9.17, 15) is 5.11 Å². The molecule has 0 fully saturated rings. The van der Waals surface area contributed by atoms with Crippen molar-refractivity contribution in [1.82, 2.24) is 14.9 Å². The molecule has 1 heterocycles. The van der Waals surface area contributed by atoms with E-state index in [0.29, 0.717) is 16.2 Å². The number of nitrogens with zero attached hydrogens (tertiary/aromatic N) is 3. The average molecular weight is 354 g/mol. The second kappa shape index (κ2) is 7.31. The van der Waals surface area contributed by atoms with Crippen LogP contribution >= 0.6 is 12.2 Å². The fourth-order valence-electron chi connectivity index (χ4n) is 2.28. The molecule has 1 aromatic heterocycles. The van der Waals surface area contributed by atoms with Crippen molar-refractivity contribution in [3.8, 4) is 22.9 Å². The molecule has 0 aliphatic rings. The first kappa shape index (κ1) is 16.9. The Morgan fingerprint density at radius 1 is 1.24 bits per heavy atom. The fourth-order valence-corrected chi connectivity index (χ4v) is 2.46. The lowest BCUT2D eigenvalue weighted by Crippen LogP contribution is -2.05. The summed E-state index contributed by atoms with van der Waals surface area (Å²) >= 11 is 5.26. The Hall–Kier alpha value is -2.93. The molecule has 2 aromatic carbocycles. The van der Waals surface area contributed by atoms with E-state index in [1.54, 1.807) is 24.4 Å². The number of aromatic hydroxyl groups is 1. The molecule has 7 heteroatoms. The van der Waals surface area contributed by atoms with Crippen LogP contribution in [0.4, 0.5) is 0 Å². The van der Waals surface area contributed by atoms with Crippen molar-refractivity contribution in [2.45, 2.75) is 20.0 Å². The summed E-state index contributed by atoms with van der Waals surface area (Å²) in [6.07, 6.45) is 1.62. The van der Waals surface area contributed by atoms with Gasteiger partial charge in [-0.05, 0) is 50.3 Å². The summed E-state index contributed by atoms with van der Waals surface area (Å²) in [5.41, 5.74) is 1.41. The predicted octanol–water partition coefficient (Wildman–Crippen LogP) is 3.98. The molecule has 6 nitrogen and oxygen atoms in total. The normalized spacial score (nSPS) is 11.3. The molecule has 0 unspecified atom stereocenters. The monoisotopic (exact) mass is 354 g/mol. The first-order valence-corrected chi connectivity index (χ1v) is 8.22. The number of phenols is 1. The highest BCUT2D eigenvalue weighted by molar-refractivity contribution is 7.71. The minimum Gasteiger partial charge on any atom is -0.507 e. The van der Waals surface area contributed by atoms with Crippen LogP contribution in [0, 0.1) is 4.77 Å². The zero-order valence-electron chi connectivity index (χ0n) is 13.9. The van der Waals surface area contributed by atoms with Gasteiger partial charge in [-0.15, -0.1) is 0 Å². The van der Waals surface area contributed by atoms with Crippen LogP contribution in [0.1, 0.15) is 19.4 Å². The summed E-state index contributed by atoms with van der Waals surface area (Å²) in [6, 6.07) is 14.5. The third kappa shape index (κ3) is 3.95. The molecule has 25 heavy (non-hydrogen) atoms. The highest BCUT2D eigenvalue weighted by Crippen LogP contribution is 2.23. The van der Waals surface area contributed by atoms with E-state index < -0.39 is 0 Å². The fraction of sp³-hybridized carbons (Fsp3) is 0.167. The number of H-pyrrole nitrogens is 1. The summed E-state index contributed by atoms with van der Waals surface area (Å²) in [4.78, 5) is 0. The number of aromatic nitrogens is 3. The quantitative estimate of drug-likeness (QED) is 0.537. The highest BCUT2D eigenvalue weighted by Gasteiger charge is 2.10. The molecule has 2 N–H and O–H groups in total. The highest BCUT2D eigenvalue weighted by atomic mass is 32.1. The standard InChI is InChI=1S/C18H18N4O2S/c1-12(2)24-15-8-5-7-13(10-15)17-20-21-18(25)22(17)19-11-14-6-3-4-9-16(14)23/h3-12,23H,1-2H3,(H,21,25)/b19-11+. The number of ether oxygens (including phenoxy) is 1. The molecule has 0 atom stereocenters. The van der Waals surface area contributed by atoms with Crippen LogP contribution < -0.4 is 4.74 Å². The molecule has 128 valence electrons. The number of nitrogens with one attached hydrogen (secondary N) is 1. The van der Waals surface area contributed by atoms with Crippen LogP contribution in [0.5, 0.6) is 11.5 Å². The topological polar surface area (TPSA) is 75.4 Å². The second-order valence-electron chi connectivity index (χ2n) is 5.66. The molecule has 0 amide bonds. The Bertz CT molecular complexity index is 959. The average Bonchev–Trinajstić information content (AvgIpc) is 2.95. The summed E-state index contributed by atoms with van der Waals surface area (Å²) in [5, 5.41) is 21.2. The minimum atomic E-state index is 0.0788. The zero-order valence-corrected chi connectivity index (χ0v) is 14.7. The molecule has 0 aliphatic heterocycles. The molecule has 0 spiro atoms. The number of hydrogen-bond acceptors (Lipinski definition) is 5. The number of benzene rings is 2. The third-order valence-electron chi connectivity index (χ3n) is 3.36. The van der Waals surface area contributed by atoms with E-state index in [2.05, 4.69) is 15.3 Å². The zero-order chi connectivity index (χ0) is 17.8. The van der Waals surface area contributed by atoms with Gasteiger partial charge in [0.25, 0.3) is 0 Å². The maximum Gasteiger partial charge on any atom is 0.216 e. The van der Waals surface area contributed by atoms with Gasteiger partial charge < -0.3 is 9.84 Å². The van der Waals surface area contributed by atoms with Crippen molar-refractivity contribution in [1.29, 1.82) is 0 Å². The Labute approximate surface area is 150 Å². The Morgan fingerprint density at radius 3 is 2.80 bits per heavy atom. The summed E-state index contributed by atoms with van der Waals surface area (Å²) in [5.74, 6) is 1.46. The Balaban J connectivity index is 1.98. The smallest absolute Gasteiger partial charge is 0.216 e. The van der Waals surface area contributed by atoms with Crippen LogP contribution in [0.2, 0.25) is 0 Å². The number of para-hydroxylation sites is 1. The van der Waals surface area contributed by atoms with Gasteiger partial charge in [-0.3, -0.25) is 0 Å². The van der Waals surface area contributed by atoms with Gasteiger partial charge in [0, 0.05) is 11.1 Å². The molecule has 0 aliphatic carbocycles. The first-order valence-electron chi connectivity index (χ1n) is 7.81. The van der Waals surface area contributed by atoms with E-state index in [1.807, 2.05) is 44.2 Å². The number of aromatic amines is 1. The molecular formula is C18H18N4O2S. The third-order valence-corrected chi connectivity index (χ3v) is 3.63. The van der Waals surface area contributed by atoms with E-state index >= 15 is 0 Å². The molecule has 3 rings (SSSR count). The van der Waals surface area contributed by atoms with Crippen molar-refractivity contribution < 1.29 is 9.84 Å². The van der Waals surface area contributed by atoms with Gasteiger partial charge in [0.2, 0.25) is 4.77 Å². The molecule has 0 bridgehead atoms. The van der Waals surface area contributed by atoms with E-state index in [4.69, 9.17) is 17.0 Å². The van der Waals surface area contributed by atoms with Gasteiger partial charge in [-0.1, -0.05) is 24.3 Å². The van der Waals surface area contributed by atoms with Crippen molar-refractivity contribution >= 4 is 18.4 Å². The molecule has 0 radical (unpaired) electrons. The Kier molecular flexibility index (Phi) is 4.95. The lowest BCUT2D eigenvalue weighted by molar-refractivity contribution is 0.242. The minimum absolute atomic E-state index is 0.0788. The maximum absolute atomic E-state index is 9.85. The predicted molar refractivity (Wildman–Crippen MR) is 99.7 cm³/mol. The largest absolute Gasteiger partial charge is 0.507 e. The summed E-state index contributed by atoms with van der Waals surface area (Å²) in [6.45, 7) is 3.94. The SMILES string of the molecule is CC(C)Oc1cccc(-c2n[nH]c(=S)n2/N=C/c2ccccc2O)c1.